The Morgan fingerprint density at radius 2 is 2.11 bits per heavy atom. The van der Waals surface area contributed by atoms with E-state index in [2.05, 4.69) is 5.10 Å². The molecule has 0 radical (unpaired) electrons. The second-order valence-corrected chi connectivity index (χ2v) is 4.46. The standard InChI is InChI=1S/C13H13N3O3/c1-9(2)12-5-6-15(14-12)11-3-4-13(16(18)19)10(7-11)8-17/h3-9H,1-2H3. The van der Waals surface area contributed by atoms with Gasteiger partial charge in [0.25, 0.3) is 5.69 Å². The molecule has 0 saturated carbocycles. The van der Waals surface area contributed by atoms with Crippen molar-refractivity contribution in [3.8, 4) is 5.69 Å². The largest absolute Gasteiger partial charge is 0.298 e. The molecule has 0 saturated heterocycles. The summed E-state index contributed by atoms with van der Waals surface area (Å²) in [4.78, 5) is 21.1. The third-order valence-corrected chi connectivity index (χ3v) is 2.80. The van der Waals surface area contributed by atoms with Crippen LogP contribution < -0.4 is 0 Å². The molecular formula is C13H13N3O3. The molecule has 98 valence electrons. The first-order valence-electron chi connectivity index (χ1n) is 5.82. The molecule has 0 unspecified atom stereocenters. The number of hydrogen-bond acceptors (Lipinski definition) is 4. The number of carbonyl (C=O) groups excluding carboxylic acids is 1. The predicted molar refractivity (Wildman–Crippen MR) is 69.7 cm³/mol. The van der Waals surface area contributed by atoms with Crippen LogP contribution in [0.2, 0.25) is 0 Å². The van der Waals surface area contributed by atoms with Crippen LogP contribution in [0.3, 0.4) is 0 Å². The third-order valence-electron chi connectivity index (χ3n) is 2.80. The minimum atomic E-state index is -0.573. The maximum atomic E-state index is 10.9. The van der Waals surface area contributed by atoms with Gasteiger partial charge in [-0.2, -0.15) is 5.10 Å². The number of aldehydes is 1. The van der Waals surface area contributed by atoms with E-state index in [0.717, 1.165) is 5.69 Å². The van der Waals surface area contributed by atoms with Crippen molar-refractivity contribution in [1.82, 2.24) is 9.78 Å². The molecule has 0 fully saturated rings. The number of benzene rings is 1. The fraction of sp³-hybridized carbons (Fsp3) is 0.231. The zero-order valence-electron chi connectivity index (χ0n) is 10.6. The molecule has 1 heterocycles. The summed E-state index contributed by atoms with van der Waals surface area (Å²) >= 11 is 0. The highest BCUT2D eigenvalue weighted by Gasteiger charge is 2.14. The lowest BCUT2D eigenvalue weighted by Gasteiger charge is -2.03. The number of rotatable bonds is 4. The summed E-state index contributed by atoms with van der Waals surface area (Å²) in [5.41, 5.74) is 1.39. The molecule has 6 nitrogen and oxygen atoms in total. The Morgan fingerprint density at radius 1 is 1.37 bits per heavy atom. The first-order chi connectivity index (χ1) is 9.02. The van der Waals surface area contributed by atoms with Crippen LogP contribution in [0.1, 0.15) is 35.8 Å². The van der Waals surface area contributed by atoms with E-state index in [1.165, 1.54) is 12.1 Å². The van der Waals surface area contributed by atoms with Gasteiger partial charge in [-0.15, -0.1) is 0 Å². The second-order valence-electron chi connectivity index (χ2n) is 4.46. The van der Waals surface area contributed by atoms with Gasteiger partial charge in [0.15, 0.2) is 6.29 Å². The molecule has 0 N–H and O–H groups in total. The van der Waals surface area contributed by atoms with E-state index < -0.39 is 4.92 Å². The number of carbonyl (C=O) groups is 1. The number of nitro groups is 1. The van der Waals surface area contributed by atoms with Gasteiger partial charge in [-0.05, 0) is 24.1 Å². The first kappa shape index (κ1) is 12.9. The van der Waals surface area contributed by atoms with E-state index in [1.54, 1.807) is 16.9 Å². The van der Waals surface area contributed by atoms with E-state index in [0.29, 0.717) is 17.9 Å². The highest BCUT2D eigenvalue weighted by molar-refractivity contribution is 5.82. The maximum Gasteiger partial charge on any atom is 0.280 e. The molecule has 6 heteroatoms. The molecule has 1 aromatic carbocycles. The molecule has 2 rings (SSSR count). The van der Waals surface area contributed by atoms with Crippen LogP contribution in [-0.4, -0.2) is 21.0 Å². The van der Waals surface area contributed by atoms with Gasteiger partial charge in [-0.25, -0.2) is 4.68 Å². The average molecular weight is 259 g/mol. The Morgan fingerprint density at radius 3 is 2.63 bits per heavy atom. The minimum absolute atomic E-state index is 0.0455. The fourth-order valence-corrected chi connectivity index (χ4v) is 1.73. The van der Waals surface area contributed by atoms with Crippen molar-refractivity contribution in [2.45, 2.75) is 19.8 Å². The highest BCUT2D eigenvalue weighted by Crippen LogP contribution is 2.21. The Hall–Kier alpha value is -2.50. The monoisotopic (exact) mass is 259 g/mol. The van der Waals surface area contributed by atoms with Gasteiger partial charge >= 0.3 is 0 Å². The van der Waals surface area contributed by atoms with Gasteiger partial charge in [-0.3, -0.25) is 14.9 Å². The topological polar surface area (TPSA) is 78.0 Å². The lowest BCUT2D eigenvalue weighted by Crippen LogP contribution is -2.00. The van der Waals surface area contributed by atoms with Crippen LogP contribution in [0.25, 0.3) is 5.69 Å². The van der Waals surface area contributed by atoms with Gasteiger partial charge in [0.05, 0.1) is 21.9 Å². The molecule has 0 amide bonds. The number of hydrogen-bond donors (Lipinski definition) is 0. The van der Waals surface area contributed by atoms with Crippen LogP contribution in [0, 0.1) is 10.1 Å². The van der Waals surface area contributed by atoms with Crippen molar-refractivity contribution in [2.75, 3.05) is 0 Å². The summed E-state index contributed by atoms with van der Waals surface area (Å²) in [7, 11) is 0. The predicted octanol–water partition coefficient (Wildman–Crippen LogP) is 2.72. The van der Waals surface area contributed by atoms with Gasteiger partial charge in [0.1, 0.15) is 0 Å². The summed E-state index contributed by atoms with van der Waals surface area (Å²) in [5.74, 6) is 0.296. The Labute approximate surface area is 109 Å². The zero-order chi connectivity index (χ0) is 14.0. The van der Waals surface area contributed by atoms with Crippen molar-refractivity contribution in [3.05, 3.63) is 51.8 Å². The van der Waals surface area contributed by atoms with Crippen molar-refractivity contribution >= 4 is 12.0 Å². The molecule has 0 atom stereocenters. The second kappa shape index (κ2) is 5.01. The van der Waals surface area contributed by atoms with Crippen molar-refractivity contribution < 1.29 is 9.72 Å². The summed E-state index contributed by atoms with van der Waals surface area (Å²) < 4.78 is 1.60. The molecule has 0 bridgehead atoms. The van der Waals surface area contributed by atoms with Crippen LogP contribution in [0.4, 0.5) is 5.69 Å². The molecule has 0 spiro atoms. The van der Waals surface area contributed by atoms with Gasteiger partial charge in [0, 0.05) is 12.3 Å². The SMILES string of the molecule is CC(C)c1ccn(-c2ccc([N+](=O)[O-])c(C=O)c2)n1. The van der Waals surface area contributed by atoms with E-state index in [4.69, 9.17) is 0 Å². The maximum absolute atomic E-state index is 10.9. The Kier molecular flexibility index (Phi) is 3.41. The molecule has 1 aromatic heterocycles. The zero-order valence-corrected chi connectivity index (χ0v) is 10.6. The third kappa shape index (κ3) is 2.52. The van der Waals surface area contributed by atoms with E-state index in [-0.39, 0.29) is 11.3 Å². The van der Waals surface area contributed by atoms with Crippen molar-refractivity contribution in [2.24, 2.45) is 0 Å². The van der Waals surface area contributed by atoms with Crippen LogP contribution in [-0.2, 0) is 0 Å². The summed E-state index contributed by atoms with van der Waals surface area (Å²) in [6.45, 7) is 4.05. The number of nitro benzene ring substituents is 1. The van der Waals surface area contributed by atoms with E-state index in [1.807, 2.05) is 19.9 Å². The van der Waals surface area contributed by atoms with Crippen LogP contribution >= 0.6 is 0 Å². The average Bonchev–Trinajstić information content (AvgIpc) is 2.87. The van der Waals surface area contributed by atoms with Gasteiger partial charge in [0.2, 0.25) is 0 Å². The number of aromatic nitrogens is 2. The molecule has 0 aliphatic heterocycles. The fourth-order valence-electron chi connectivity index (χ4n) is 1.73. The van der Waals surface area contributed by atoms with Crippen molar-refractivity contribution in [3.63, 3.8) is 0 Å². The molecule has 0 aliphatic carbocycles. The summed E-state index contributed by atoms with van der Waals surface area (Å²) in [6.07, 6.45) is 2.25. The quantitative estimate of drug-likeness (QED) is 0.480. The van der Waals surface area contributed by atoms with Crippen LogP contribution in [0.15, 0.2) is 30.5 Å². The first-order valence-corrected chi connectivity index (χ1v) is 5.82. The molecule has 19 heavy (non-hydrogen) atoms. The van der Waals surface area contributed by atoms with Crippen LogP contribution in [0.5, 0.6) is 0 Å². The molecule has 0 aliphatic rings. The lowest BCUT2D eigenvalue weighted by molar-refractivity contribution is -0.385. The molecular weight excluding hydrogens is 246 g/mol. The van der Waals surface area contributed by atoms with Gasteiger partial charge in [-0.1, -0.05) is 13.8 Å². The highest BCUT2D eigenvalue weighted by atomic mass is 16.6. The summed E-state index contributed by atoms with van der Waals surface area (Å²) in [5, 5.41) is 15.1. The Balaban J connectivity index is 2.45. The Bertz CT molecular complexity index is 632. The smallest absolute Gasteiger partial charge is 0.280 e. The van der Waals surface area contributed by atoms with E-state index in [9.17, 15) is 14.9 Å². The van der Waals surface area contributed by atoms with Gasteiger partial charge < -0.3 is 0 Å². The number of nitrogens with zero attached hydrogens (tertiary/aromatic N) is 3. The van der Waals surface area contributed by atoms with E-state index >= 15 is 0 Å². The molecule has 2 aromatic rings. The minimum Gasteiger partial charge on any atom is -0.298 e. The normalized spacial score (nSPS) is 10.7. The summed E-state index contributed by atoms with van der Waals surface area (Å²) in [6, 6.07) is 6.23. The van der Waals surface area contributed by atoms with Crippen molar-refractivity contribution in [1.29, 1.82) is 0 Å². The lowest BCUT2D eigenvalue weighted by atomic mass is 10.1.